The van der Waals surface area contributed by atoms with Gasteiger partial charge in [0.1, 0.15) is 5.58 Å². The van der Waals surface area contributed by atoms with Crippen LogP contribution in [-0.2, 0) is 9.53 Å². The summed E-state index contributed by atoms with van der Waals surface area (Å²) >= 11 is 0. The smallest absolute Gasteiger partial charge is 0.293 e. The number of para-hydroxylation sites is 1. The average molecular weight is 204 g/mol. The quantitative estimate of drug-likeness (QED) is 0.562. The normalized spacial score (nSPS) is 10.1. The summed E-state index contributed by atoms with van der Waals surface area (Å²) in [6, 6.07) is 8.92. The lowest BCUT2D eigenvalue weighted by Crippen LogP contribution is -2.06. The molecule has 15 heavy (non-hydrogen) atoms. The second-order valence-electron chi connectivity index (χ2n) is 2.98. The van der Waals surface area contributed by atoms with E-state index >= 15 is 0 Å². The molecule has 0 atom stereocenters. The van der Waals surface area contributed by atoms with Crippen LogP contribution in [0, 0.1) is 0 Å². The molecule has 0 N–H and O–H groups in total. The predicted octanol–water partition coefficient (Wildman–Crippen LogP) is 1.79. The summed E-state index contributed by atoms with van der Waals surface area (Å²) in [5, 5.41) is 0.854. The molecule has 0 unspecified atom stereocenters. The average Bonchev–Trinajstić information content (AvgIpc) is 2.69. The molecule has 0 amide bonds. The first kappa shape index (κ1) is 9.45. The molecule has 76 valence electrons. The minimum Gasteiger partial charge on any atom is -0.459 e. The third kappa shape index (κ3) is 1.88. The summed E-state index contributed by atoms with van der Waals surface area (Å²) < 4.78 is 9.64. The molecule has 1 heterocycles. The summed E-state index contributed by atoms with van der Waals surface area (Å²) in [5.41, 5.74) is 0.645. The first-order valence-corrected chi connectivity index (χ1v) is 4.38. The second-order valence-corrected chi connectivity index (χ2v) is 2.98. The van der Waals surface area contributed by atoms with E-state index in [1.54, 1.807) is 12.1 Å². The van der Waals surface area contributed by atoms with Crippen molar-refractivity contribution >= 4 is 23.2 Å². The Hall–Kier alpha value is -2.10. The van der Waals surface area contributed by atoms with Crippen molar-refractivity contribution in [3.05, 3.63) is 36.1 Å². The summed E-state index contributed by atoms with van der Waals surface area (Å²) in [6.45, 7) is -0.0517. The van der Waals surface area contributed by atoms with Crippen molar-refractivity contribution < 1.29 is 18.7 Å². The highest BCUT2D eigenvalue weighted by molar-refractivity contribution is 5.98. The Bertz CT molecular complexity index is 465. The molecule has 0 spiro atoms. The lowest BCUT2D eigenvalue weighted by Gasteiger charge is -1.93. The van der Waals surface area contributed by atoms with Gasteiger partial charge in [-0.3, -0.25) is 9.59 Å². The Balaban J connectivity index is 2.28. The van der Waals surface area contributed by atoms with Crippen LogP contribution in [-0.4, -0.2) is 18.9 Å². The zero-order chi connectivity index (χ0) is 10.7. The fourth-order valence-corrected chi connectivity index (χ4v) is 1.30. The number of hydrogen-bond donors (Lipinski definition) is 0. The summed E-state index contributed by atoms with van der Waals surface area (Å²) in [5.74, 6) is -0.142. The summed E-state index contributed by atoms with van der Waals surface area (Å²) in [6.07, 6.45) is 0. The minimum absolute atomic E-state index is 0.207. The van der Waals surface area contributed by atoms with Gasteiger partial charge in [-0.15, -0.1) is 0 Å². The van der Waals surface area contributed by atoms with Gasteiger partial charge in [0.05, 0.1) is 0 Å². The van der Waals surface area contributed by atoms with Gasteiger partial charge in [0, 0.05) is 5.39 Å². The number of Topliss-reactive ketones (excluding diaryl/α,β-unsaturated/α-hetero) is 1. The number of ketones is 1. The Morgan fingerprint density at radius 1 is 1.40 bits per heavy atom. The second kappa shape index (κ2) is 3.96. The van der Waals surface area contributed by atoms with E-state index < -0.39 is 0 Å². The standard InChI is InChI=1S/C11H8O4/c12-7-14-6-9(13)11-5-8-3-1-2-4-10(8)15-11/h1-5,7H,6H2. The van der Waals surface area contributed by atoms with Crippen molar-refractivity contribution in [2.75, 3.05) is 6.61 Å². The van der Waals surface area contributed by atoms with Crippen molar-refractivity contribution in [2.45, 2.75) is 0 Å². The Morgan fingerprint density at radius 3 is 2.93 bits per heavy atom. The maximum atomic E-state index is 11.4. The molecular weight excluding hydrogens is 196 g/mol. The van der Waals surface area contributed by atoms with Gasteiger partial charge in [-0.1, -0.05) is 18.2 Å². The lowest BCUT2D eigenvalue weighted by molar-refractivity contribution is -0.127. The Kier molecular flexibility index (Phi) is 2.49. The summed E-state index contributed by atoms with van der Waals surface area (Å²) in [7, 11) is 0. The Morgan fingerprint density at radius 2 is 2.20 bits per heavy atom. The monoisotopic (exact) mass is 204 g/mol. The van der Waals surface area contributed by atoms with E-state index in [9.17, 15) is 9.59 Å². The van der Waals surface area contributed by atoms with E-state index in [1.165, 1.54) is 0 Å². The van der Waals surface area contributed by atoms with Gasteiger partial charge in [0.25, 0.3) is 6.47 Å². The third-order valence-electron chi connectivity index (χ3n) is 1.98. The highest BCUT2D eigenvalue weighted by Crippen LogP contribution is 2.18. The summed E-state index contributed by atoms with van der Waals surface area (Å²) in [4.78, 5) is 21.3. The molecular formula is C11H8O4. The number of benzene rings is 1. The number of fused-ring (bicyclic) bond motifs is 1. The molecule has 4 heteroatoms. The molecule has 4 nitrogen and oxygen atoms in total. The van der Waals surface area contributed by atoms with Gasteiger partial charge in [0.2, 0.25) is 5.78 Å². The van der Waals surface area contributed by atoms with Crippen molar-refractivity contribution in [2.24, 2.45) is 0 Å². The van der Waals surface area contributed by atoms with Gasteiger partial charge >= 0.3 is 0 Å². The van der Waals surface area contributed by atoms with Gasteiger partial charge < -0.3 is 9.15 Å². The molecule has 0 aliphatic carbocycles. The molecule has 0 aliphatic rings. The first-order valence-electron chi connectivity index (χ1n) is 4.38. The maximum Gasteiger partial charge on any atom is 0.293 e. The fraction of sp³-hybridized carbons (Fsp3) is 0.0909. The number of ether oxygens (including phenoxy) is 1. The molecule has 0 saturated carbocycles. The van der Waals surface area contributed by atoms with Gasteiger partial charge in [-0.25, -0.2) is 0 Å². The van der Waals surface area contributed by atoms with Crippen LogP contribution in [0.2, 0.25) is 0 Å². The van der Waals surface area contributed by atoms with Crippen LogP contribution < -0.4 is 0 Å². The molecule has 0 aliphatic heterocycles. The van der Waals surface area contributed by atoms with E-state index in [4.69, 9.17) is 4.42 Å². The van der Waals surface area contributed by atoms with Crippen molar-refractivity contribution in [3.63, 3.8) is 0 Å². The van der Waals surface area contributed by atoms with Crippen LogP contribution in [0.5, 0.6) is 0 Å². The van der Waals surface area contributed by atoms with Crippen LogP contribution in [0.4, 0.5) is 0 Å². The van der Waals surface area contributed by atoms with Crippen molar-refractivity contribution in [3.8, 4) is 0 Å². The molecule has 0 bridgehead atoms. The van der Waals surface area contributed by atoms with Crippen LogP contribution in [0.25, 0.3) is 11.0 Å². The zero-order valence-electron chi connectivity index (χ0n) is 7.80. The number of rotatable bonds is 4. The van der Waals surface area contributed by atoms with Crippen LogP contribution in [0.1, 0.15) is 10.6 Å². The molecule has 2 rings (SSSR count). The van der Waals surface area contributed by atoms with E-state index in [2.05, 4.69) is 4.74 Å². The molecule has 1 aromatic heterocycles. The molecule has 0 saturated heterocycles. The van der Waals surface area contributed by atoms with Crippen LogP contribution >= 0.6 is 0 Å². The number of carbonyl (C=O) groups excluding carboxylic acids is 2. The highest BCUT2D eigenvalue weighted by Gasteiger charge is 2.11. The number of furan rings is 1. The predicted molar refractivity (Wildman–Crippen MR) is 52.6 cm³/mol. The van der Waals surface area contributed by atoms with Gasteiger partial charge in [-0.2, -0.15) is 0 Å². The van der Waals surface area contributed by atoms with Crippen molar-refractivity contribution in [1.82, 2.24) is 0 Å². The van der Waals surface area contributed by atoms with E-state index in [0.29, 0.717) is 5.58 Å². The SMILES string of the molecule is O=COCC(=O)c1cc2ccccc2o1. The van der Waals surface area contributed by atoms with Crippen LogP contribution in [0.15, 0.2) is 34.7 Å². The topological polar surface area (TPSA) is 56.5 Å². The molecule has 0 fully saturated rings. The number of carbonyl (C=O) groups is 2. The third-order valence-corrected chi connectivity index (χ3v) is 1.98. The molecule has 1 aromatic carbocycles. The first-order chi connectivity index (χ1) is 7.31. The van der Waals surface area contributed by atoms with Crippen LogP contribution in [0.3, 0.4) is 0 Å². The minimum atomic E-state index is -0.349. The highest BCUT2D eigenvalue weighted by atomic mass is 16.5. The van der Waals surface area contributed by atoms with Gasteiger partial charge in [-0.05, 0) is 12.1 Å². The zero-order valence-corrected chi connectivity index (χ0v) is 7.80. The fourth-order valence-electron chi connectivity index (χ4n) is 1.30. The van der Waals surface area contributed by atoms with E-state index in [-0.39, 0.29) is 24.6 Å². The van der Waals surface area contributed by atoms with E-state index in [0.717, 1.165) is 5.39 Å². The van der Waals surface area contributed by atoms with E-state index in [1.807, 2.05) is 18.2 Å². The Labute approximate surface area is 85.4 Å². The van der Waals surface area contributed by atoms with Gasteiger partial charge in [0.15, 0.2) is 12.4 Å². The number of hydrogen-bond acceptors (Lipinski definition) is 4. The van der Waals surface area contributed by atoms with Crippen molar-refractivity contribution in [1.29, 1.82) is 0 Å². The maximum absolute atomic E-state index is 11.4. The molecule has 0 radical (unpaired) electrons. The lowest BCUT2D eigenvalue weighted by atomic mass is 10.2. The molecule has 2 aromatic rings. The largest absolute Gasteiger partial charge is 0.459 e.